The number of aliphatic hydroxyl groups is 1. The summed E-state index contributed by atoms with van der Waals surface area (Å²) in [7, 11) is 0. The van der Waals surface area contributed by atoms with Gasteiger partial charge in [-0.15, -0.1) is 0 Å². The molecule has 2 N–H and O–H groups in total. The Kier molecular flexibility index (Phi) is 4.75. The van der Waals surface area contributed by atoms with Crippen LogP contribution in [-0.4, -0.2) is 41.3 Å². The van der Waals surface area contributed by atoms with Crippen molar-refractivity contribution in [1.82, 2.24) is 4.98 Å². The van der Waals surface area contributed by atoms with Gasteiger partial charge in [0.25, 0.3) is 0 Å². The Balaban J connectivity index is 0.00000144. The van der Waals surface area contributed by atoms with Crippen molar-refractivity contribution in [1.29, 1.82) is 0 Å². The Morgan fingerprint density at radius 3 is 2.69 bits per heavy atom. The van der Waals surface area contributed by atoms with Crippen LogP contribution in [0.15, 0.2) is 6.20 Å². The number of aliphatic hydroxyl groups excluding tert-OH is 1. The van der Waals surface area contributed by atoms with Crippen LogP contribution in [0, 0.1) is 6.92 Å². The summed E-state index contributed by atoms with van der Waals surface area (Å²) in [6.45, 7) is 1.29. The van der Waals surface area contributed by atoms with Crippen LogP contribution >= 0.6 is 0 Å². The average Bonchev–Trinajstić information content (AvgIpc) is 2.09. The Labute approximate surface area is 88.7 Å². The van der Waals surface area contributed by atoms with Crippen LogP contribution in [0.3, 0.4) is 0 Å². The van der Waals surface area contributed by atoms with Gasteiger partial charge in [0.15, 0.2) is 6.29 Å². The van der Waals surface area contributed by atoms with Crippen LogP contribution in [0.25, 0.3) is 0 Å². The Morgan fingerprint density at radius 2 is 2.23 bits per heavy atom. The van der Waals surface area contributed by atoms with Gasteiger partial charge in [0, 0.05) is 31.6 Å². The molecule has 4 nitrogen and oxygen atoms in total. The number of carbonyl (C=O) groups is 1. The van der Waals surface area contributed by atoms with Crippen LogP contribution in [0.1, 0.15) is 21.6 Å². The molecule has 0 aliphatic heterocycles. The van der Waals surface area contributed by atoms with E-state index in [9.17, 15) is 9.90 Å². The van der Waals surface area contributed by atoms with Crippen LogP contribution in [0.2, 0.25) is 0 Å². The molecule has 0 aliphatic carbocycles. The van der Waals surface area contributed by atoms with Crippen LogP contribution in [0.4, 0.5) is 0 Å². The number of pyridine rings is 1. The van der Waals surface area contributed by atoms with Gasteiger partial charge in [0.05, 0.1) is 17.9 Å². The second-order valence-corrected chi connectivity index (χ2v) is 2.41. The molecule has 0 unspecified atom stereocenters. The number of rotatable bonds is 2. The van der Waals surface area contributed by atoms with Crippen LogP contribution in [0.5, 0.6) is 5.75 Å². The Bertz CT molecular complexity index is 315. The zero-order chi connectivity index (χ0) is 9.14. The SMILES string of the molecule is Cc1ncc(CO)c(C=O)c1O.[Ga]. The van der Waals surface area contributed by atoms with Gasteiger partial charge in [-0.1, -0.05) is 0 Å². The van der Waals surface area contributed by atoms with Crippen molar-refractivity contribution in [2.24, 2.45) is 0 Å². The normalized spacial score (nSPS) is 9.08. The number of aryl methyl sites for hydroxylation is 1. The predicted octanol–water partition coefficient (Wildman–Crippen LogP) is 0.0196. The molecular formula is C8H9GaNO3. The first kappa shape index (κ1) is 12.2. The summed E-state index contributed by atoms with van der Waals surface area (Å²) < 4.78 is 0. The van der Waals surface area contributed by atoms with E-state index in [-0.39, 0.29) is 37.7 Å². The molecule has 0 aliphatic rings. The molecule has 3 radical (unpaired) electrons. The van der Waals surface area contributed by atoms with E-state index < -0.39 is 0 Å². The van der Waals surface area contributed by atoms with E-state index >= 15 is 0 Å². The molecule has 67 valence electrons. The van der Waals surface area contributed by atoms with Gasteiger partial charge < -0.3 is 10.2 Å². The number of nitrogens with zero attached hydrogens (tertiary/aromatic N) is 1. The van der Waals surface area contributed by atoms with Crippen LogP contribution in [-0.2, 0) is 6.61 Å². The molecule has 0 bridgehead atoms. The largest absolute Gasteiger partial charge is 0.505 e. The number of hydrogen-bond donors (Lipinski definition) is 2. The molecule has 1 aromatic heterocycles. The summed E-state index contributed by atoms with van der Waals surface area (Å²) in [6.07, 6.45) is 1.88. The van der Waals surface area contributed by atoms with Gasteiger partial charge in [-0.25, -0.2) is 0 Å². The Morgan fingerprint density at radius 1 is 1.62 bits per heavy atom. The fourth-order valence-corrected chi connectivity index (χ4v) is 0.910. The number of aldehydes is 1. The van der Waals surface area contributed by atoms with Gasteiger partial charge in [0.2, 0.25) is 0 Å². The molecule has 0 fully saturated rings. The smallest absolute Gasteiger partial charge is 0.154 e. The molecule has 1 aromatic rings. The van der Waals surface area contributed by atoms with Gasteiger partial charge in [-0.2, -0.15) is 0 Å². The second-order valence-electron chi connectivity index (χ2n) is 2.41. The third-order valence-electron chi connectivity index (χ3n) is 1.65. The van der Waals surface area contributed by atoms with Gasteiger partial charge in [-0.05, 0) is 6.92 Å². The maximum Gasteiger partial charge on any atom is 0.154 e. The van der Waals surface area contributed by atoms with Crippen molar-refractivity contribution in [3.05, 3.63) is 23.0 Å². The van der Waals surface area contributed by atoms with E-state index in [1.807, 2.05) is 0 Å². The van der Waals surface area contributed by atoms with E-state index in [0.29, 0.717) is 17.5 Å². The van der Waals surface area contributed by atoms with Crippen molar-refractivity contribution < 1.29 is 15.0 Å². The maximum absolute atomic E-state index is 10.5. The molecule has 13 heavy (non-hydrogen) atoms. The minimum absolute atomic E-state index is 0. The van der Waals surface area contributed by atoms with Gasteiger partial charge >= 0.3 is 0 Å². The third kappa shape index (κ3) is 2.33. The molecule has 5 heteroatoms. The molecular weight excluding hydrogens is 228 g/mol. The molecule has 1 rings (SSSR count). The van der Waals surface area contributed by atoms with E-state index in [1.54, 1.807) is 6.92 Å². The van der Waals surface area contributed by atoms with Crippen LogP contribution < -0.4 is 0 Å². The van der Waals surface area contributed by atoms with Crippen molar-refractivity contribution in [3.63, 3.8) is 0 Å². The van der Waals surface area contributed by atoms with Gasteiger partial charge in [0.1, 0.15) is 5.75 Å². The van der Waals surface area contributed by atoms with Crippen molar-refractivity contribution >= 4 is 26.1 Å². The van der Waals surface area contributed by atoms with E-state index in [2.05, 4.69) is 4.98 Å². The minimum Gasteiger partial charge on any atom is -0.505 e. The number of carbonyl (C=O) groups excluding carboxylic acids is 1. The number of aromatic hydroxyl groups is 1. The van der Waals surface area contributed by atoms with E-state index in [0.717, 1.165) is 0 Å². The zero-order valence-corrected chi connectivity index (χ0v) is 9.61. The van der Waals surface area contributed by atoms with Crippen molar-refractivity contribution in [2.75, 3.05) is 0 Å². The Hall–Kier alpha value is -0.784. The third-order valence-corrected chi connectivity index (χ3v) is 1.65. The monoisotopic (exact) mass is 236 g/mol. The predicted molar refractivity (Wildman–Crippen MR) is 47.7 cm³/mol. The fourth-order valence-electron chi connectivity index (χ4n) is 0.910. The summed E-state index contributed by atoms with van der Waals surface area (Å²) >= 11 is 0. The summed E-state index contributed by atoms with van der Waals surface area (Å²) in [5.74, 6) is -0.156. The fraction of sp³-hybridized carbons (Fsp3) is 0.250. The molecule has 0 atom stereocenters. The standard InChI is InChI=1S/C8H9NO3.Ga/c1-5-8(12)7(4-11)6(3-10)2-9-5;/h2,4,10,12H,3H2,1H3;. The summed E-state index contributed by atoms with van der Waals surface area (Å²) in [5, 5.41) is 18.1. The first-order chi connectivity index (χ1) is 5.70. The number of aromatic nitrogens is 1. The first-order valence-corrected chi connectivity index (χ1v) is 3.44. The molecule has 0 spiro atoms. The average molecular weight is 237 g/mol. The summed E-state index contributed by atoms with van der Waals surface area (Å²) in [6, 6.07) is 0. The van der Waals surface area contributed by atoms with Crippen molar-refractivity contribution in [3.8, 4) is 5.75 Å². The van der Waals surface area contributed by atoms with E-state index in [4.69, 9.17) is 5.11 Å². The van der Waals surface area contributed by atoms with Gasteiger partial charge in [-0.3, -0.25) is 9.78 Å². The topological polar surface area (TPSA) is 70.4 Å². The number of hydrogen-bond acceptors (Lipinski definition) is 4. The molecule has 0 saturated heterocycles. The van der Waals surface area contributed by atoms with Crippen molar-refractivity contribution in [2.45, 2.75) is 13.5 Å². The summed E-state index contributed by atoms with van der Waals surface area (Å²) in [4.78, 5) is 14.2. The zero-order valence-electron chi connectivity index (χ0n) is 7.19. The molecule has 0 aromatic carbocycles. The quantitative estimate of drug-likeness (QED) is 0.561. The summed E-state index contributed by atoms with van der Waals surface area (Å²) in [5.41, 5.74) is 0.840. The molecule has 0 amide bonds. The first-order valence-electron chi connectivity index (χ1n) is 3.44. The van der Waals surface area contributed by atoms with E-state index in [1.165, 1.54) is 6.20 Å². The molecule has 1 heterocycles. The maximum atomic E-state index is 10.5. The molecule has 0 saturated carbocycles. The minimum atomic E-state index is -0.297. The second kappa shape index (κ2) is 5.06.